The highest BCUT2D eigenvalue weighted by atomic mass is 32.1. The van der Waals surface area contributed by atoms with E-state index in [1.54, 1.807) is 0 Å². The molecule has 0 aromatic heterocycles. The van der Waals surface area contributed by atoms with Gasteiger partial charge in [-0.15, -0.1) is 0 Å². The summed E-state index contributed by atoms with van der Waals surface area (Å²) < 4.78 is 10.6. The summed E-state index contributed by atoms with van der Waals surface area (Å²) in [6.07, 6.45) is 0. The Kier molecular flexibility index (Phi) is 4.85. The molecule has 0 spiro atoms. The van der Waals surface area contributed by atoms with E-state index in [0.717, 1.165) is 5.56 Å². The second kappa shape index (κ2) is 7.22. The second-order valence-corrected chi connectivity index (χ2v) is 5.70. The average Bonchev–Trinajstić information content (AvgIpc) is 3.06. The lowest BCUT2D eigenvalue weighted by Crippen LogP contribution is -2.34. The molecule has 9 heteroatoms. The van der Waals surface area contributed by atoms with Gasteiger partial charge in [-0.1, -0.05) is 6.07 Å². The standard InChI is InChI=1S/C16H15N3O5S/c20-13-3-2-12(19(21)22)6-11(13)8-18-16(25)17-7-10-1-4-14-15(5-10)24-9-23-14/h1-6,20H,7-9H2,(H2,17,18,25). The molecule has 0 fully saturated rings. The third-order valence-electron chi connectivity index (χ3n) is 3.60. The van der Waals surface area contributed by atoms with Crippen molar-refractivity contribution >= 4 is 23.0 Å². The molecule has 2 aromatic rings. The van der Waals surface area contributed by atoms with Crippen LogP contribution in [-0.4, -0.2) is 21.9 Å². The van der Waals surface area contributed by atoms with Gasteiger partial charge in [-0.25, -0.2) is 0 Å². The summed E-state index contributed by atoms with van der Waals surface area (Å²) in [7, 11) is 0. The summed E-state index contributed by atoms with van der Waals surface area (Å²) in [6.45, 7) is 0.864. The molecule has 0 bridgehead atoms. The second-order valence-electron chi connectivity index (χ2n) is 5.29. The molecular formula is C16H15N3O5S. The van der Waals surface area contributed by atoms with Gasteiger partial charge in [0.25, 0.3) is 5.69 Å². The minimum absolute atomic E-state index is 0.0309. The van der Waals surface area contributed by atoms with Crippen LogP contribution in [0.2, 0.25) is 0 Å². The fraction of sp³-hybridized carbons (Fsp3) is 0.188. The van der Waals surface area contributed by atoms with E-state index in [1.807, 2.05) is 18.2 Å². The van der Waals surface area contributed by atoms with Gasteiger partial charge in [0.1, 0.15) is 5.75 Å². The molecule has 0 unspecified atom stereocenters. The van der Waals surface area contributed by atoms with Crippen LogP contribution in [0.1, 0.15) is 11.1 Å². The number of benzene rings is 2. The Balaban J connectivity index is 1.53. The number of hydrogen-bond acceptors (Lipinski definition) is 6. The zero-order valence-electron chi connectivity index (χ0n) is 13.0. The maximum Gasteiger partial charge on any atom is 0.270 e. The summed E-state index contributed by atoms with van der Waals surface area (Å²) in [4.78, 5) is 10.3. The molecule has 0 atom stereocenters. The molecule has 25 heavy (non-hydrogen) atoms. The van der Waals surface area contributed by atoms with E-state index in [0.29, 0.717) is 28.7 Å². The number of nitro benzene ring substituents is 1. The number of phenols is 1. The lowest BCUT2D eigenvalue weighted by atomic mass is 10.2. The number of thiocarbonyl (C=S) groups is 1. The van der Waals surface area contributed by atoms with Gasteiger partial charge in [-0.05, 0) is 36.0 Å². The van der Waals surface area contributed by atoms with Crippen LogP contribution >= 0.6 is 12.2 Å². The maximum atomic E-state index is 10.8. The average molecular weight is 361 g/mol. The third-order valence-corrected chi connectivity index (χ3v) is 3.89. The van der Waals surface area contributed by atoms with Gasteiger partial charge in [-0.2, -0.15) is 0 Å². The summed E-state index contributed by atoms with van der Waals surface area (Å²) in [6, 6.07) is 9.44. The Morgan fingerprint density at radius 1 is 1.16 bits per heavy atom. The molecule has 3 rings (SSSR count). The number of aromatic hydroxyl groups is 1. The Morgan fingerprint density at radius 3 is 2.72 bits per heavy atom. The Bertz CT molecular complexity index is 827. The van der Waals surface area contributed by atoms with Crippen molar-refractivity contribution in [2.45, 2.75) is 13.1 Å². The lowest BCUT2D eigenvalue weighted by molar-refractivity contribution is -0.384. The largest absolute Gasteiger partial charge is 0.508 e. The van der Waals surface area contributed by atoms with Gasteiger partial charge in [0, 0.05) is 30.8 Å². The van der Waals surface area contributed by atoms with Crippen LogP contribution in [0.15, 0.2) is 36.4 Å². The Labute approximate surface area is 148 Å². The summed E-state index contributed by atoms with van der Waals surface area (Å²) in [5.74, 6) is 1.38. The van der Waals surface area contributed by atoms with E-state index in [2.05, 4.69) is 10.6 Å². The third kappa shape index (κ3) is 4.07. The highest BCUT2D eigenvalue weighted by Gasteiger charge is 2.13. The minimum Gasteiger partial charge on any atom is -0.508 e. The van der Waals surface area contributed by atoms with Crippen LogP contribution < -0.4 is 20.1 Å². The van der Waals surface area contributed by atoms with Gasteiger partial charge in [0.15, 0.2) is 16.6 Å². The Hall–Kier alpha value is -3.07. The Morgan fingerprint density at radius 2 is 1.92 bits per heavy atom. The minimum atomic E-state index is -0.515. The van der Waals surface area contributed by atoms with E-state index in [4.69, 9.17) is 21.7 Å². The molecule has 0 saturated heterocycles. The highest BCUT2D eigenvalue weighted by Crippen LogP contribution is 2.32. The molecular weight excluding hydrogens is 346 g/mol. The number of fused-ring (bicyclic) bond motifs is 1. The molecule has 2 aromatic carbocycles. The van der Waals surface area contributed by atoms with Crippen molar-refractivity contribution < 1.29 is 19.5 Å². The quantitative estimate of drug-likeness (QED) is 0.423. The van der Waals surface area contributed by atoms with Crippen molar-refractivity contribution in [1.29, 1.82) is 0 Å². The topological polar surface area (TPSA) is 106 Å². The fourth-order valence-corrected chi connectivity index (χ4v) is 2.44. The first-order valence-electron chi connectivity index (χ1n) is 7.39. The number of phenolic OH excluding ortho intramolecular Hbond substituents is 1. The van der Waals surface area contributed by atoms with E-state index >= 15 is 0 Å². The van der Waals surface area contributed by atoms with Crippen molar-refractivity contribution in [2.75, 3.05) is 6.79 Å². The molecule has 130 valence electrons. The van der Waals surface area contributed by atoms with Crippen LogP contribution in [0.5, 0.6) is 17.2 Å². The van der Waals surface area contributed by atoms with Crippen LogP contribution in [0, 0.1) is 10.1 Å². The summed E-state index contributed by atoms with van der Waals surface area (Å²) in [5, 5.41) is 26.9. The number of nitrogens with one attached hydrogen (secondary N) is 2. The monoisotopic (exact) mass is 361 g/mol. The first kappa shape index (κ1) is 16.8. The lowest BCUT2D eigenvalue weighted by Gasteiger charge is -2.11. The van der Waals surface area contributed by atoms with Crippen LogP contribution in [0.4, 0.5) is 5.69 Å². The van der Waals surface area contributed by atoms with Crippen LogP contribution in [0.3, 0.4) is 0 Å². The highest BCUT2D eigenvalue weighted by molar-refractivity contribution is 7.80. The number of ether oxygens (including phenoxy) is 2. The van der Waals surface area contributed by atoms with Gasteiger partial charge >= 0.3 is 0 Å². The molecule has 0 aliphatic carbocycles. The molecule has 1 aliphatic rings. The first-order chi connectivity index (χ1) is 12.0. The van der Waals surface area contributed by atoms with Gasteiger partial charge in [-0.3, -0.25) is 10.1 Å². The van der Waals surface area contributed by atoms with Crippen molar-refractivity contribution in [2.24, 2.45) is 0 Å². The summed E-state index contributed by atoms with van der Waals surface area (Å²) >= 11 is 5.19. The predicted molar refractivity (Wildman–Crippen MR) is 93.6 cm³/mol. The molecule has 0 radical (unpaired) electrons. The van der Waals surface area contributed by atoms with Crippen molar-refractivity contribution in [3.05, 3.63) is 57.6 Å². The van der Waals surface area contributed by atoms with Gasteiger partial charge < -0.3 is 25.2 Å². The van der Waals surface area contributed by atoms with Gasteiger partial charge in [0.05, 0.1) is 4.92 Å². The van der Waals surface area contributed by atoms with Crippen molar-refractivity contribution in [1.82, 2.24) is 10.6 Å². The van der Waals surface area contributed by atoms with E-state index in [-0.39, 0.29) is 24.8 Å². The number of nitrogens with zero attached hydrogens (tertiary/aromatic N) is 1. The molecule has 1 heterocycles. The number of nitro groups is 1. The molecule has 0 amide bonds. The zero-order valence-corrected chi connectivity index (χ0v) is 13.8. The van der Waals surface area contributed by atoms with Crippen molar-refractivity contribution in [3.8, 4) is 17.2 Å². The van der Waals surface area contributed by atoms with Gasteiger partial charge in [0.2, 0.25) is 6.79 Å². The molecule has 8 nitrogen and oxygen atoms in total. The number of non-ortho nitro benzene ring substituents is 1. The van der Waals surface area contributed by atoms with E-state index in [1.165, 1.54) is 18.2 Å². The molecule has 1 aliphatic heterocycles. The van der Waals surface area contributed by atoms with Crippen LogP contribution in [0.25, 0.3) is 0 Å². The zero-order chi connectivity index (χ0) is 17.8. The van der Waals surface area contributed by atoms with E-state index < -0.39 is 4.92 Å². The number of hydrogen-bond donors (Lipinski definition) is 3. The summed E-state index contributed by atoms with van der Waals surface area (Å²) in [5.41, 5.74) is 1.27. The normalized spacial score (nSPS) is 11.8. The smallest absolute Gasteiger partial charge is 0.270 e. The number of rotatable bonds is 5. The van der Waals surface area contributed by atoms with Crippen molar-refractivity contribution in [3.63, 3.8) is 0 Å². The fourth-order valence-electron chi connectivity index (χ4n) is 2.30. The molecule has 0 saturated carbocycles. The van der Waals surface area contributed by atoms with Crippen LogP contribution in [-0.2, 0) is 13.1 Å². The SMILES string of the molecule is O=[N+]([O-])c1ccc(O)c(CNC(=S)NCc2ccc3c(c2)OCO3)c1. The van der Waals surface area contributed by atoms with E-state index in [9.17, 15) is 15.2 Å². The first-order valence-corrected chi connectivity index (χ1v) is 7.80. The maximum absolute atomic E-state index is 10.8. The molecule has 3 N–H and O–H groups in total. The predicted octanol–water partition coefficient (Wildman–Crippen LogP) is 2.19.